The molecule has 0 unspecified atom stereocenters. The SMILES string of the molecule is C#CCN(Cc1cc2c(=O)[nH]c(C)nc2cc1Br)c1ccc(C(=O)NCc2ccccn2)cc1. The third-order valence-electron chi connectivity index (χ3n) is 5.29. The van der Waals surface area contributed by atoms with Gasteiger partial charge in [0.1, 0.15) is 5.82 Å². The summed E-state index contributed by atoms with van der Waals surface area (Å²) in [5.41, 5.74) is 3.54. The number of aromatic nitrogens is 3. The number of rotatable bonds is 7. The van der Waals surface area contributed by atoms with Gasteiger partial charge in [0.25, 0.3) is 11.5 Å². The van der Waals surface area contributed by atoms with Gasteiger partial charge in [-0.05, 0) is 61.0 Å². The van der Waals surface area contributed by atoms with Crippen molar-refractivity contribution in [3.05, 3.63) is 98.3 Å². The summed E-state index contributed by atoms with van der Waals surface area (Å²) in [4.78, 5) is 38.2. The van der Waals surface area contributed by atoms with Gasteiger partial charge in [0, 0.05) is 28.5 Å². The topological polar surface area (TPSA) is 91.0 Å². The fourth-order valence-corrected chi connectivity index (χ4v) is 4.05. The third kappa shape index (κ3) is 5.33. The van der Waals surface area contributed by atoms with Gasteiger partial charge in [0.2, 0.25) is 0 Å². The summed E-state index contributed by atoms with van der Waals surface area (Å²) in [5, 5.41) is 3.39. The van der Waals surface area contributed by atoms with Gasteiger partial charge < -0.3 is 15.2 Å². The largest absolute Gasteiger partial charge is 0.356 e. The molecule has 2 heterocycles. The highest BCUT2D eigenvalue weighted by atomic mass is 79.9. The van der Waals surface area contributed by atoms with Gasteiger partial charge in [-0.25, -0.2) is 4.98 Å². The van der Waals surface area contributed by atoms with Gasteiger partial charge in [-0.2, -0.15) is 0 Å². The summed E-state index contributed by atoms with van der Waals surface area (Å²) in [5.74, 6) is 3.07. The number of nitrogens with one attached hydrogen (secondary N) is 2. The van der Waals surface area contributed by atoms with Crippen LogP contribution in [-0.4, -0.2) is 27.4 Å². The first-order chi connectivity index (χ1) is 16.4. The molecule has 0 bridgehead atoms. The molecule has 1 amide bonds. The number of hydrogen-bond acceptors (Lipinski definition) is 5. The molecule has 7 nitrogen and oxygen atoms in total. The van der Waals surface area contributed by atoms with Gasteiger partial charge >= 0.3 is 0 Å². The monoisotopic (exact) mass is 515 g/mol. The maximum absolute atomic E-state index is 12.5. The molecule has 34 heavy (non-hydrogen) atoms. The van der Waals surface area contributed by atoms with E-state index in [2.05, 4.69) is 42.1 Å². The number of pyridine rings is 1. The highest BCUT2D eigenvalue weighted by molar-refractivity contribution is 9.10. The van der Waals surface area contributed by atoms with Gasteiger partial charge in [0.15, 0.2) is 0 Å². The molecule has 0 fully saturated rings. The number of aromatic amines is 1. The maximum Gasteiger partial charge on any atom is 0.258 e. The molecule has 0 spiro atoms. The summed E-state index contributed by atoms with van der Waals surface area (Å²) in [6.45, 7) is 2.94. The lowest BCUT2D eigenvalue weighted by atomic mass is 10.1. The minimum atomic E-state index is -0.181. The number of amides is 1. The number of anilines is 1. The lowest BCUT2D eigenvalue weighted by molar-refractivity contribution is 0.0950. The van der Waals surface area contributed by atoms with Crippen molar-refractivity contribution in [2.75, 3.05) is 11.4 Å². The van der Waals surface area contributed by atoms with Gasteiger partial charge in [-0.15, -0.1) is 6.42 Å². The van der Waals surface area contributed by atoms with Crippen molar-refractivity contribution >= 4 is 38.4 Å². The second kappa shape index (κ2) is 10.3. The Morgan fingerprint density at radius 3 is 2.71 bits per heavy atom. The zero-order valence-electron chi connectivity index (χ0n) is 18.5. The van der Waals surface area contributed by atoms with E-state index >= 15 is 0 Å². The molecule has 4 aromatic rings. The molecule has 0 aliphatic carbocycles. The van der Waals surface area contributed by atoms with Gasteiger partial charge in [0.05, 0.1) is 29.7 Å². The molecule has 0 aliphatic heterocycles. The van der Waals surface area contributed by atoms with Crippen LogP contribution in [0.2, 0.25) is 0 Å². The molecule has 4 rings (SSSR count). The van der Waals surface area contributed by atoms with Crippen molar-refractivity contribution in [3.63, 3.8) is 0 Å². The molecule has 2 N–H and O–H groups in total. The van der Waals surface area contributed by atoms with Crippen LogP contribution < -0.4 is 15.8 Å². The fourth-order valence-electron chi connectivity index (χ4n) is 3.60. The lowest BCUT2D eigenvalue weighted by Gasteiger charge is -2.23. The van der Waals surface area contributed by atoms with Crippen LogP contribution in [0.3, 0.4) is 0 Å². The third-order valence-corrected chi connectivity index (χ3v) is 6.02. The van der Waals surface area contributed by atoms with E-state index in [1.165, 1.54) is 0 Å². The van der Waals surface area contributed by atoms with E-state index in [0.717, 1.165) is 21.4 Å². The van der Waals surface area contributed by atoms with E-state index < -0.39 is 0 Å². The normalized spacial score (nSPS) is 10.6. The number of H-pyrrole nitrogens is 1. The molecule has 0 radical (unpaired) electrons. The summed E-state index contributed by atoms with van der Waals surface area (Å²) in [6, 6.07) is 16.5. The van der Waals surface area contributed by atoms with Crippen molar-refractivity contribution in [1.82, 2.24) is 20.3 Å². The van der Waals surface area contributed by atoms with Crippen molar-refractivity contribution < 1.29 is 4.79 Å². The predicted molar refractivity (Wildman–Crippen MR) is 137 cm³/mol. The Hall–Kier alpha value is -3.96. The molecule has 8 heteroatoms. The summed E-state index contributed by atoms with van der Waals surface area (Å²) in [7, 11) is 0. The van der Waals surface area contributed by atoms with Crippen LogP contribution >= 0.6 is 15.9 Å². The molecule has 0 saturated carbocycles. The number of halogens is 1. The Morgan fingerprint density at radius 2 is 2.00 bits per heavy atom. The highest BCUT2D eigenvalue weighted by Crippen LogP contribution is 2.25. The van der Waals surface area contributed by atoms with E-state index in [4.69, 9.17) is 6.42 Å². The Kier molecular flexibility index (Phi) is 7.04. The quantitative estimate of drug-likeness (QED) is 0.363. The van der Waals surface area contributed by atoms with Crippen LogP contribution in [0.15, 0.2) is 70.1 Å². The number of aryl methyl sites for hydroxylation is 1. The number of hydrogen-bond donors (Lipinski definition) is 2. The first kappa shape index (κ1) is 23.2. The molecule has 0 atom stereocenters. The summed E-state index contributed by atoms with van der Waals surface area (Å²) < 4.78 is 0.838. The average molecular weight is 516 g/mol. The van der Waals surface area contributed by atoms with Crippen molar-refractivity contribution in [1.29, 1.82) is 0 Å². The Morgan fingerprint density at radius 1 is 1.21 bits per heavy atom. The van der Waals surface area contributed by atoms with E-state index in [1.54, 1.807) is 25.3 Å². The van der Waals surface area contributed by atoms with E-state index in [0.29, 0.717) is 41.9 Å². The summed E-state index contributed by atoms with van der Waals surface area (Å²) in [6.07, 6.45) is 7.32. The predicted octanol–water partition coefficient (Wildman–Crippen LogP) is 3.96. The zero-order valence-corrected chi connectivity index (χ0v) is 20.1. The minimum Gasteiger partial charge on any atom is -0.356 e. The lowest BCUT2D eigenvalue weighted by Crippen LogP contribution is -2.25. The van der Waals surface area contributed by atoms with Crippen molar-refractivity contribution in [2.24, 2.45) is 0 Å². The molecule has 0 saturated heterocycles. The molecular formula is C26H22BrN5O2. The van der Waals surface area contributed by atoms with Crippen LogP contribution in [-0.2, 0) is 13.1 Å². The average Bonchev–Trinajstić information content (AvgIpc) is 2.83. The van der Waals surface area contributed by atoms with Crippen LogP contribution in [0.25, 0.3) is 10.9 Å². The van der Waals surface area contributed by atoms with Crippen molar-refractivity contribution in [2.45, 2.75) is 20.0 Å². The standard InChI is InChI=1S/C26H22BrN5O2/c1-3-12-32(16-19-13-22-24(14-23(19)27)30-17(2)31-26(22)34)21-9-7-18(8-10-21)25(33)29-15-20-6-4-5-11-28-20/h1,4-11,13-14H,12,15-16H2,2H3,(H,29,33)(H,30,31,34). The summed E-state index contributed by atoms with van der Waals surface area (Å²) >= 11 is 3.60. The molecule has 0 aliphatic rings. The van der Waals surface area contributed by atoms with E-state index in [9.17, 15) is 9.59 Å². The highest BCUT2D eigenvalue weighted by Gasteiger charge is 2.13. The first-order valence-electron chi connectivity index (χ1n) is 10.6. The minimum absolute atomic E-state index is 0.180. The number of carbonyl (C=O) groups excluding carboxylic acids is 1. The number of nitrogens with zero attached hydrogens (tertiary/aromatic N) is 3. The van der Waals surface area contributed by atoms with Gasteiger partial charge in [-0.3, -0.25) is 14.6 Å². The van der Waals surface area contributed by atoms with E-state index in [-0.39, 0.29) is 11.5 Å². The molecule has 2 aromatic heterocycles. The molecule has 170 valence electrons. The Bertz CT molecular complexity index is 1430. The first-order valence-corrected chi connectivity index (χ1v) is 11.4. The zero-order chi connectivity index (χ0) is 24.1. The van der Waals surface area contributed by atoms with E-state index in [1.807, 2.05) is 47.4 Å². The number of terminal acetylenes is 1. The molecule has 2 aromatic carbocycles. The van der Waals surface area contributed by atoms with Crippen LogP contribution in [0, 0.1) is 19.3 Å². The number of carbonyl (C=O) groups is 1. The maximum atomic E-state index is 12.5. The smallest absolute Gasteiger partial charge is 0.258 e. The Labute approximate surface area is 205 Å². The number of benzene rings is 2. The van der Waals surface area contributed by atoms with Crippen LogP contribution in [0.5, 0.6) is 0 Å². The second-order valence-electron chi connectivity index (χ2n) is 7.72. The number of fused-ring (bicyclic) bond motifs is 1. The van der Waals surface area contributed by atoms with Crippen LogP contribution in [0.1, 0.15) is 27.4 Å². The second-order valence-corrected chi connectivity index (χ2v) is 8.58. The fraction of sp³-hybridized carbons (Fsp3) is 0.154. The van der Waals surface area contributed by atoms with Gasteiger partial charge in [-0.1, -0.05) is 27.9 Å². The van der Waals surface area contributed by atoms with Crippen LogP contribution in [0.4, 0.5) is 5.69 Å². The Balaban J connectivity index is 1.52. The van der Waals surface area contributed by atoms with Crippen molar-refractivity contribution in [3.8, 4) is 12.3 Å². The molecular weight excluding hydrogens is 494 g/mol.